The van der Waals surface area contributed by atoms with Crippen molar-refractivity contribution >= 4 is 56.4 Å². The fourth-order valence-electron chi connectivity index (χ4n) is 1.39. The Hall–Kier alpha value is -0.550. The van der Waals surface area contributed by atoms with Crippen molar-refractivity contribution in [2.24, 2.45) is 0 Å². The monoisotopic (exact) mass is 363 g/mol. The lowest BCUT2D eigenvalue weighted by atomic mass is 10.2. The molecule has 1 heterocycles. The number of hydrogen-bond donors (Lipinski definition) is 1. The molecule has 2 nitrogen and oxygen atoms in total. The van der Waals surface area contributed by atoms with Gasteiger partial charge in [-0.05, 0) is 34.1 Å². The molecule has 0 spiro atoms. The second kappa shape index (κ2) is 6.06. The molecule has 6 heteroatoms. The summed E-state index contributed by atoms with van der Waals surface area (Å²) in [5.41, 5.74) is 0.389. The van der Waals surface area contributed by atoms with E-state index >= 15 is 0 Å². The molecule has 0 saturated heterocycles. The lowest BCUT2D eigenvalue weighted by Crippen LogP contribution is -2.22. The summed E-state index contributed by atoms with van der Waals surface area (Å²) in [4.78, 5) is 13.0. The van der Waals surface area contributed by atoms with E-state index < -0.39 is 0 Å². The minimum Gasteiger partial charge on any atom is -0.347 e. The van der Waals surface area contributed by atoms with Crippen LogP contribution in [0.15, 0.2) is 34.1 Å². The lowest BCUT2D eigenvalue weighted by molar-refractivity contribution is 0.0951. The summed E-state index contributed by atoms with van der Waals surface area (Å²) in [6, 6.07) is 6.96. The SMILES string of the molecule is O=C(NCc1cc(Br)cs1)c1cccc(Cl)c1Cl. The number of amides is 1. The zero-order chi connectivity index (χ0) is 13.1. The predicted octanol–water partition coefficient (Wildman–Crippen LogP) is 4.75. The van der Waals surface area contributed by atoms with Gasteiger partial charge in [0.05, 0.1) is 22.2 Å². The van der Waals surface area contributed by atoms with Crippen LogP contribution in [-0.4, -0.2) is 5.91 Å². The molecule has 0 radical (unpaired) electrons. The van der Waals surface area contributed by atoms with Gasteiger partial charge in [0.25, 0.3) is 5.91 Å². The second-order valence-electron chi connectivity index (χ2n) is 3.52. The minimum absolute atomic E-state index is 0.230. The van der Waals surface area contributed by atoms with Gasteiger partial charge in [-0.3, -0.25) is 4.79 Å². The van der Waals surface area contributed by atoms with Gasteiger partial charge in [0.2, 0.25) is 0 Å². The molecule has 0 aliphatic carbocycles. The van der Waals surface area contributed by atoms with Crippen molar-refractivity contribution in [3.8, 4) is 0 Å². The molecule has 2 rings (SSSR count). The number of halogens is 3. The first-order chi connectivity index (χ1) is 8.58. The van der Waals surface area contributed by atoms with Gasteiger partial charge in [0, 0.05) is 14.7 Å². The molecule has 1 amide bonds. The van der Waals surface area contributed by atoms with Crippen molar-refractivity contribution in [1.29, 1.82) is 0 Å². The molecule has 0 atom stereocenters. The van der Waals surface area contributed by atoms with E-state index in [0.29, 0.717) is 17.1 Å². The summed E-state index contributed by atoms with van der Waals surface area (Å²) in [6.07, 6.45) is 0. The molecule has 0 saturated carbocycles. The van der Waals surface area contributed by atoms with Gasteiger partial charge in [-0.1, -0.05) is 29.3 Å². The number of carbonyl (C=O) groups is 1. The summed E-state index contributed by atoms with van der Waals surface area (Å²) < 4.78 is 1.01. The molecule has 1 aromatic heterocycles. The third-order valence-corrected chi connectivity index (χ3v) is 4.76. The molecule has 1 N–H and O–H groups in total. The van der Waals surface area contributed by atoms with E-state index in [4.69, 9.17) is 23.2 Å². The van der Waals surface area contributed by atoms with Crippen molar-refractivity contribution in [3.63, 3.8) is 0 Å². The predicted molar refractivity (Wildman–Crippen MR) is 79.7 cm³/mol. The smallest absolute Gasteiger partial charge is 0.253 e. The molecular formula is C12H8BrCl2NOS. The average Bonchev–Trinajstić information content (AvgIpc) is 2.76. The molecule has 0 aliphatic rings. The maximum absolute atomic E-state index is 11.9. The highest BCUT2D eigenvalue weighted by Crippen LogP contribution is 2.25. The first-order valence-electron chi connectivity index (χ1n) is 5.03. The number of rotatable bonds is 3. The summed E-state index contributed by atoms with van der Waals surface area (Å²) >= 11 is 16.8. The van der Waals surface area contributed by atoms with Crippen molar-refractivity contribution in [2.75, 3.05) is 0 Å². The van der Waals surface area contributed by atoms with E-state index in [9.17, 15) is 4.79 Å². The zero-order valence-electron chi connectivity index (χ0n) is 9.04. The second-order valence-corrected chi connectivity index (χ2v) is 6.21. The Morgan fingerprint density at radius 1 is 1.39 bits per heavy atom. The fourth-order valence-corrected chi connectivity index (χ4v) is 3.17. The van der Waals surface area contributed by atoms with E-state index in [0.717, 1.165) is 9.35 Å². The van der Waals surface area contributed by atoms with Gasteiger partial charge in [-0.15, -0.1) is 11.3 Å². The third-order valence-electron chi connectivity index (χ3n) is 2.24. The Labute approximate surface area is 127 Å². The van der Waals surface area contributed by atoms with Crippen LogP contribution in [0.2, 0.25) is 10.0 Å². The van der Waals surface area contributed by atoms with Crippen LogP contribution in [0.4, 0.5) is 0 Å². The Kier molecular flexibility index (Phi) is 4.67. The molecule has 0 bridgehead atoms. The summed E-state index contributed by atoms with van der Waals surface area (Å²) in [5, 5.41) is 5.43. The Morgan fingerprint density at radius 2 is 2.17 bits per heavy atom. The maximum atomic E-state index is 11.9. The Bertz CT molecular complexity index is 585. The van der Waals surface area contributed by atoms with Gasteiger partial charge in [-0.2, -0.15) is 0 Å². The summed E-state index contributed by atoms with van der Waals surface area (Å²) in [5.74, 6) is -0.230. The van der Waals surface area contributed by atoms with Crippen LogP contribution in [0.25, 0.3) is 0 Å². The van der Waals surface area contributed by atoms with Crippen molar-refractivity contribution < 1.29 is 4.79 Å². The molecule has 0 fully saturated rings. The Balaban J connectivity index is 2.06. The van der Waals surface area contributed by atoms with Gasteiger partial charge in [0.1, 0.15) is 0 Å². The average molecular weight is 365 g/mol. The van der Waals surface area contributed by atoms with E-state index in [-0.39, 0.29) is 10.9 Å². The summed E-state index contributed by atoms with van der Waals surface area (Å²) in [6.45, 7) is 0.470. The molecule has 1 aromatic carbocycles. The molecule has 18 heavy (non-hydrogen) atoms. The van der Waals surface area contributed by atoms with Gasteiger partial charge in [0.15, 0.2) is 0 Å². The standard InChI is InChI=1S/C12H8BrCl2NOS/c13-7-4-8(18-6-7)5-16-12(17)9-2-1-3-10(14)11(9)15/h1-4,6H,5H2,(H,16,17). The maximum Gasteiger partial charge on any atom is 0.253 e. The normalized spacial score (nSPS) is 10.4. The van der Waals surface area contributed by atoms with E-state index in [2.05, 4.69) is 21.2 Å². The minimum atomic E-state index is -0.230. The number of nitrogens with one attached hydrogen (secondary N) is 1. The highest BCUT2D eigenvalue weighted by molar-refractivity contribution is 9.10. The number of thiophene rings is 1. The zero-order valence-corrected chi connectivity index (χ0v) is 13.0. The van der Waals surface area contributed by atoms with E-state index in [1.165, 1.54) is 0 Å². The van der Waals surface area contributed by atoms with Gasteiger partial charge >= 0.3 is 0 Å². The number of benzene rings is 1. The van der Waals surface area contributed by atoms with Crippen molar-refractivity contribution in [2.45, 2.75) is 6.54 Å². The van der Waals surface area contributed by atoms with Crippen LogP contribution < -0.4 is 5.32 Å². The van der Waals surface area contributed by atoms with Crippen LogP contribution in [0.3, 0.4) is 0 Å². The van der Waals surface area contributed by atoms with Crippen LogP contribution >= 0.6 is 50.5 Å². The first-order valence-corrected chi connectivity index (χ1v) is 7.46. The first kappa shape index (κ1) is 13.9. The highest BCUT2D eigenvalue weighted by Gasteiger charge is 2.12. The van der Waals surface area contributed by atoms with Crippen LogP contribution in [0.5, 0.6) is 0 Å². The summed E-state index contributed by atoms with van der Waals surface area (Å²) in [7, 11) is 0. The Morgan fingerprint density at radius 3 is 2.83 bits per heavy atom. The third kappa shape index (κ3) is 3.26. The van der Waals surface area contributed by atoms with Crippen LogP contribution in [0.1, 0.15) is 15.2 Å². The van der Waals surface area contributed by atoms with Crippen molar-refractivity contribution in [3.05, 3.63) is 54.6 Å². The highest BCUT2D eigenvalue weighted by atomic mass is 79.9. The molecular weight excluding hydrogens is 357 g/mol. The largest absolute Gasteiger partial charge is 0.347 e. The fraction of sp³-hybridized carbons (Fsp3) is 0.0833. The number of hydrogen-bond acceptors (Lipinski definition) is 2. The molecule has 0 aliphatic heterocycles. The lowest BCUT2D eigenvalue weighted by Gasteiger charge is -2.06. The number of carbonyl (C=O) groups excluding carboxylic acids is 1. The van der Waals surface area contributed by atoms with Crippen LogP contribution in [-0.2, 0) is 6.54 Å². The topological polar surface area (TPSA) is 29.1 Å². The van der Waals surface area contributed by atoms with E-state index in [1.807, 2.05) is 11.4 Å². The van der Waals surface area contributed by atoms with Crippen LogP contribution in [0, 0.1) is 0 Å². The van der Waals surface area contributed by atoms with Crippen molar-refractivity contribution in [1.82, 2.24) is 5.32 Å². The molecule has 0 unspecified atom stereocenters. The molecule has 94 valence electrons. The molecule has 2 aromatic rings. The van der Waals surface area contributed by atoms with Gasteiger partial charge < -0.3 is 5.32 Å². The van der Waals surface area contributed by atoms with E-state index in [1.54, 1.807) is 29.5 Å². The van der Waals surface area contributed by atoms with Gasteiger partial charge in [-0.25, -0.2) is 0 Å². The quantitative estimate of drug-likeness (QED) is 0.836.